The van der Waals surface area contributed by atoms with Crippen molar-refractivity contribution in [3.05, 3.63) is 0 Å². The van der Waals surface area contributed by atoms with Crippen molar-refractivity contribution in [2.24, 2.45) is 5.92 Å². The molecule has 1 saturated heterocycles. The van der Waals surface area contributed by atoms with Crippen molar-refractivity contribution >= 4 is 17.8 Å². The summed E-state index contributed by atoms with van der Waals surface area (Å²) in [6, 6.07) is 0. The van der Waals surface area contributed by atoms with E-state index < -0.39 is 0 Å². The molecule has 2 heterocycles. The Morgan fingerprint density at radius 3 is 2.48 bits per heavy atom. The molecule has 0 bridgehead atoms. The lowest BCUT2D eigenvalue weighted by atomic mass is 10.1. The van der Waals surface area contributed by atoms with Crippen molar-refractivity contribution in [2.45, 2.75) is 44.9 Å². The molecule has 0 amide bonds. The molecular formula is C15H26N6. The van der Waals surface area contributed by atoms with Crippen LogP contribution in [-0.4, -0.2) is 41.6 Å². The first kappa shape index (κ1) is 14.4. The quantitative estimate of drug-likeness (QED) is 0.915. The molecule has 0 unspecified atom stereocenters. The molecule has 2 fully saturated rings. The Labute approximate surface area is 126 Å². The average Bonchev–Trinajstić information content (AvgIpc) is 3.00. The number of piperidine rings is 1. The van der Waals surface area contributed by atoms with Crippen LogP contribution in [0.3, 0.4) is 0 Å². The van der Waals surface area contributed by atoms with Crippen LogP contribution < -0.4 is 15.5 Å². The van der Waals surface area contributed by atoms with Crippen LogP contribution >= 0.6 is 0 Å². The highest BCUT2D eigenvalue weighted by molar-refractivity contribution is 5.43. The van der Waals surface area contributed by atoms with E-state index in [-0.39, 0.29) is 0 Å². The molecule has 1 aliphatic carbocycles. The molecule has 2 aliphatic rings. The molecule has 0 aromatic carbocycles. The van der Waals surface area contributed by atoms with Gasteiger partial charge in [0, 0.05) is 26.7 Å². The molecule has 1 aliphatic heterocycles. The van der Waals surface area contributed by atoms with Gasteiger partial charge in [-0.15, -0.1) is 0 Å². The van der Waals surface area contributed by atoms with E-state index in [4.69, 9.17) is 5.73 Å². The summed E-state index contributed by atoms with van der Waals surface area (Å²) in [4.78, 5) is 17.7. The molecule has 1 aromatic rings. The number of hydrogen-bond donors (Lipinski definition) is 1. The number of rotatable bonds is 4. The van der Waals surface area contributed by atoms with Crippen molar-refractivity contribution < 1.29 is 0 Å². The standard InChI is InChI=1S/C15H26N6/c1-20(11-12-7-3-4-8-12)14-17-13(16)18-15(19-14)21-9-5-2-6-10-21/h12H,2-11H2,1H3,(H2,16,17,18,19). The molecule has 0 spiro atoms. The summed E-state index contributed by atoms with van der Waals surface area (Å²) >= 11 is 0. The van der Waals surface area contributed by atoms with Crippen LogP contribution in [0.25, 0.3) is 0 Å². The maximum absolute atomic E-state index is 5.90. The second kappa shape index (κ2) is 6.45. The van der Waals surface area contributed by atoms with Crippen molar-refractivity contribution in [3.63, 3.8) is 0 Å². The van der Waals surface area contributed by atoms with E-state index in [2.05, 4.69) is 31.8 Å². The predicted octanol–water partition coefficient (Wildman–Crippen LogP) is 2.07. The molecule has 2 N–H and O–H groups in total. The van der Waals surface area contributed by atoms with Gasteiger partial charge in [0.25, 0.3) is 0 Å². The topological polar surface area (TPSA) is 71.2 Å². The van der Waals surface area contributed by atoms with Crippen LogP contribution in [0.5, 0.6) is 0 Å². The van der Waals surface area contributed by atoms with Gasteiger partial charge in [-0.1, -0.05) is 12.8 Å². The third kappa shape index (κ3) is 3.54. The smallest absolute Gasteiger partial charge is 0.231 e. The summed E-state index contributed by atoms with van der Waals surface area (Å²) in [5.41, 5.74) is 5.90. The predicted molar refractivity (Wildman–Crippen MR) is 85.5 cm³/mol. The Kier molecular flexibility index (Phi) is 4.41. The summed E-state index contributed by atoms with van der Waals surface area (Å²) < 4.78 is 0. The van der Waals surface area contributed by atoms with E-state index in [1.165, 1.54) is 44.9 Å². The normalized spacial score (nSPS) is 20.0. The van der Waals surface area contributed by atoms with Crippen LogP contribution in [0, 0.1) is 5.92 Å². The van der Waals surface area contributed by atoms with Crippen molar-refractivity contribution in [1.82, 2.24) is 15.0 Å². The van der Waals surface area contributed by atoms with E-state index >= 15 is 0 Å². The molecule has 6 nitrogen and oxygen atoms in total. The van der Waals surface area contributed by atoms with E-state index in [1.54, 1.807) is 0 Å². The molecule has 0 atom stereocenters. The van der Waals surface area contributed by atoms with Gasteiger partial charge in [-0.2, -0.15) is 15.0 Å². The van der Waals surface area contributed by atoms with E-state index in [0.717, 1.165) is 37.4 Å². The second-order valence-electron chi connectivity index (χ2n) is 6.37. The molecule has 116 valence electrons. The van der Waals surface area contributed by atoms with E-state index in [9.17, 15) is 0 Å². The minimum Gasteiger partial charge on any atom is -0.368 e. The van der Waals surface area contributed by atoms with E-state index in [1.807, 2.05) is 0 Å². The van der Waals surface area contributed by atoms with Gasteiger partial charge in [0.15, 0.2) is 0 Å². The third-order valence-corrected chi connectivity index (χ3v) is 4.62. The van der Waals surface area contributed by atoms with Crippen LogP contribution in [0.15, 0.2) is 0 Å². The van der Waals surface area contributed by atoms with Gasteiger partial charge in [0.2, 0.25) is 17.8 Å². The monoisotopic (exact) mass is 290 g/mol. The number of anilines is 3. The molecule has 6 heteroatoms. The van der Waals surface area contributed by atoms with Crippen molar-refractivity contribution in [2.75, 3.05) is 42.2 Å². The molecule has 1 saturated carbocycles. The minimum atomic E-state index is 0.332. The summed E-state index contributed by atoms with van der Waals surface area (Å²) in [6.07, 6.45) is 9.07. The highest BCUT2D eigenvalue weighted by atomic mass is 15.3. The van der Waals surface area contributed by atoms with Crippen molar-refractivity contribution in [1.29, 1.82) is 0 Å². The minimum absolute atomic E-state index is 0.332. The first-order valence-electron chi connectivity index (χ1n) is 8.20. The zero-order valence-electron chi connectivity index (χ0n) is 13.0. The van der Waals surface area contributed by atoms with Gasteiger partial charge in [0.05, 0.1) is 0 Å². The van der Waals surface area contributed by atoms with Crippen LogP contribution in [0.1, 0.15) is 44.9 Å². The maximum Gasteiger partial charge on any atom is 0.231 e. The Bertz CT molecular complexity index is 465. The maximum atomic E-state index is 5.90. The Balaban J connectivity index is 1.73. The molecular weight excluding hydrogens is 264 g/mol. The summed E-state index contributed by atoms with van der Waals surface area (Å²) in [7, 11) is 2.06. The third-order valence-electron chi connectivity index (χ3n) is 4.62. The fourth-order valence-electron chi connectivity index (χ4n) is 3.44. The summed E-state index contributed by atoms with van der Waals surface area (Å²) in [6.45, 7) is 3.06. The lowest BCUT2D eigenvalue weighted by Gasteiger charge is -2.28. The molecule has 0 radical (unpaired) electrons. The highest BCUT2D eigenvalue weighted by Gasteiger charge is 2.20. The molecule has 21 heavy (non-hydrogen) atoms. The average molecular weight is 290 g/mol. The van der Waals surface area contributed by atoms with Gasteiger partial charge >= 0.3 is 0 Å². The highest BCUT2D eigenvalue weighted by Crippen LogP contribution is 2.26. The second-order valence-corrected chi connectivity index (χ2v) is 6.37. The van der Waals surface area contributed by atoms with Gasteiger partial charge in [-0.25, -0.2) is 0 Å². The van der Waals surface area contributed by atoms with Gasteiger partial charge in [0.1, 0.15) is 0 Å². The van der Waals surface area contributed by atoms with Gasteiger partial charge < -0.3 is 15.5 Å². The number of nitrogens with two attached hydrogens (primary N) is 1. The largest absolute Gasteiger partial charge is 0.368 e. The fraction of sp³-hybridized carbons (Fsp3) is 0.800. The summed E-state index contributed by atoms with van der Waals surface area (Å²) in [5, 5.41) is 0. The number of nitrogens with zero attached hydrogens (tertiary/aromatic N) is 5. The number of aromatic nitrogens is 3. The zero-order chi connectivity index (χ0) is 14.7. The lowest BCUT2D eigenvalue weighted by Crippen LogP contribution is -2.33. The fourth-order valence-corrected chi connectivity index (χ4v) is 3.44. The lowest BCUT2D eigenvalue weighted by molar-refractivity contribution is 0.540. The zero-order valence-corrected chi connectivity index (χ0v) is 13.0. The molecule has 1 aromatic heterocycles. The van der Waals surface area contributed by atoms with Gasteiger partial charge in [-0.3, -0.25) is 0 Å². The first-order chi connectivity index (χ1) is 10.2. The van der Waals surface area contributed by atoms with Crippen LogP contribution in [-0.2, 0) is 0 Å². The first-order valence-corrected chi connectivity index (χ1v) is 8.20. The number of hydrogen-bond acceptors (Lipinski definition) is 6. The Morgan fingerprint density at radius 1 is 1.05 bits per heavy atom. The van der Waals surface area contributed by atoms with Gasteiger partial charge in [-0.05, 0) is 38.0 Å². The van der Waals surface area contributed by atoms with Crippen LogP contribution in [0.2, 0.25) is 0 Å². The number of nitrogen functional groups attached to an aromatic ring is 1. The SMILES string of the molecule is CN(CC1CCCC1)c1nc(N)nc(N2CCCCC2)n1. The van der Waals surface area contributed by atoms with E-state index in [0.29, 0.717) is 5.95 Å². The Morgan fingerprint density at radius 2 is 1.76 bits per heavy atom. The Hall–Kier alpha value is -1.59. The summed E-state index contributed by atoms with van der Waals surface area (Å²) in [5.74, 6) is 2.57. The van der Waals surface area contributed by atoms with Crippen molar-refractivity contribution in [3.8, 4) is 0 Å². The van der Waals surface area contributed by atoms with Crippen LogP contribution in [0.4, 0.5) is 17.8 Å². The molecule has 3 rings (SSSR count).